The second kappa shape index (κ2) is 8.29. The molecule has 0 unspecified atom stereocenters. The SMILES string of the molecule is COCCN1CCC(c2cc3c(-c4cc(F)ccc4OC)ccnc3[nH]2)CC1. The fourth-order valence-electron chi connectivity index (χ4n) is 4.08. The fraction of sp³-hybridized carbons (Fsp3) is 0.409. The van der Waals surface area contributed by atoms with Gasteiger partial charge in [-0.3, -0.25) is 0 Å². The lowest BCUT2D eigenvalue weighted by atomic mass is 9.93. The number of H-pyrrole nitrogens is 1. The summed E-state index contributed by atoms with van der Waals surface area (Å²) >= 11 is 0. The van der Waals surface area contributed by atoms with Crippen molar-refractivity contribution in [3.05, 3.63) is 48.0 Å². The summed E-state index contributed by atoms with van der Waals surface area (Å²) in [4.78, 5) is 10.4. The zero-order valence-electron chi connectivity index (χ0n) is 16.4. The monoisotopic (exact) mass is 383 g/mol. The molecule has 1 aliphatic rings. The van der Waals surface area contributed by atoms with E-state index in [1.54, 1.807) is 26.5 Å². The van der Waals surface area contributed by atoms with E-state index in [-0.39, 0.29) is 5.82 Å². The van der Waals surface area contributed by atoms with Crippen molar-refractivity contribution in [2.45, 2.75) is 18.8 Å². The zero-order chi connectivity index (χ0) is 19.5. The Morgan fingerprint density at radius 2 is 1.96 bits per heavy atom. The van der Waals surface area contributed by atoms with E-state index in [1.807, 2.05) is 6.07 Å². The molecule has 2 aromatic heterocycles. The van der Waals surface area contributed by atoms with Crippen molar-refractivity contribution in [2.75, 3.05) is 40.5 Å². The van der Waals surface area contributed by atoms with Crippen LogP contribution in [-0.4, -0.2) is 55.3 Å². The highest BCUT2D eigenvalue weighted by atomic mass is 19.1. The van der Waals surface area contributed by atoms with Crippen LogP contribution in [0.5, 0.6) is 5.75 Å². The summed E-state index contributed by atoms with van der Waals surface area (Å²) in [7, 11) is 3.35. The molecule has 5 nitrogen and oxygen atoms in total. The van der Waals surface area contributed by atoms with Crippen LogP contribution < -0.4 is 4.74 Å². The molecule has 0 aliphatic carbocycles. The first-order valence-electron chi connectivity index (χ1n) is 9.72. The number of aromatic amines is 1. The Labute approximate surface area is 164 Å². The van der Waals surface area contributed by atoms with E-state index in [4.69, 9.17) is 9.47 Å². The van der Waals surface area contributed by atoms with E-state index in [0.29, 0.717) is 11.7 Å². The number of benzene rings is 1. The van der Waals surface area contributed by atoms with Crippen LogP contribution in [0.4, 0.5) is 4.39 Å². The molecule has 3 aromatic rings. The van der Waals surface area contributed by atoms with Crippen LogP contribution in [0.2, 0.25) is 0 Å². The maximum absolute atomic E-state index is 13.9. The summed E-state index contributed by atoms with van der Waals surface area (Å²) in [5.74, 6) is 0.860. The second-order valence-corrected chi connectivity index (χ2v) is 7.30. The minimum Gasteiger partial charge on any atom is -0.496 e. The van der Waals surface area contributed by atoms with Gasteiger partial charge in [-0.05, 0) is 61.8 Å². The average Bonchev–Trinajstić information content (AvgIpc) is 3.17. The Morgan fingerprint density at radius 1 is 1.14 bits per heavy atom. The molecular formula is C22H26FN3O2. The third-order valence-electron chi connectivity index (χ3n) is 5.64. The van der Waals surface area contributed by atoms with Crippen LogP contribution in [0.1, 0.15) is 24.5 Å². The maximum Gasteiger partial charge on any atom is 0.138 e. The predicted molar refractivity (Wildman–Crippen MR) is 108 cm³/mol. The number of fused-ring (bicyclic) bond motifs is 1. The first kappa shape index (κ1) is 18.9. The fourth-order valence-corrected chi connectivity index (χ4v) is 4.08. The molecule has 6 heteroatoms. The number of methoxy groups -OCH3 is 2. The van der Waals surface area contributed by atoms with Crippen molar-refractivity contribution in [1.29, 1.82) is 0 Å². The molecule has 4 rings (SSSR count). The van der Waals surface area contributed by atoms with Crippen LogP contribution in [0.15, 0.2) is 36.5 Å². The number of piperidine rings is 1. The number of aromatic nitrogens is 2. The molecule has 0 spiro atoms. The van der Waals surface area contributed by atoms with E-state index in [9.17, 15) is 4.39 Å². The van der Waals surface area contributed by atoms with Gasteiger partial charge < -0.3 is 19.4 Å². The molecule has 3 heterocycles. The van der Waals surface area contributed by atoms with Crippen molar-refractivity contribution in [3.8, 4) is 16.9 Å². The van der Waals surface area contributed by atoms with E-state index in [2.05, 4.69) is 20.9 Å². The number of halogens is 1. The van der Waals surface area contributed by atoms with Crippen molar-refractivity contribution < 1.29 is 13.9 Å². The summed E-state index contributed by atoms with van der Waals surface area (Å²) in [6.45, 7) is 3.91. The third-order valence-corrected chi connectivity index (χ3v) is 5.64. The van der Waals surface area contributed by atoms with Gasteiger partial charge in [0.1, 0.15) is 17.2 Å². The van der Waals surface area contributed by atoms with Gasteiger partial charge in [-0.2, -0.15) is 0 Å². The van der Waals surface area contributed by atoms with Gasteiger partial charge in [-0.25, -0.2) is 9.37 Å². The quantitative estimate of drug-likeness (QED) is 0.693. The topological polar surface area (TPSA) is 50.4 Å². The van der Waals surface area contributed by atoms with Gasteiger partial charge in [-0.1, -0.05) is 0 Å². The first-order chi connectivity index (χ1) is 13.7. The molecule has 1 aromatic carbocycles. The highest BCUT2D eigenvalue weighted by Crippen LogP contribution is 2.37. The zero-order valence-corrected chi connectivity index (χ0v) is 16.4. The van der Waals surface area contributed by atoms with Gasteiger partial charge in [-0.15, -0.1) is 0 Å². The van der Waals surface area contributed by atoms with E-state index in [1.165, 1.54) is 17.8 Å². The number of pyridine rings is 1. The Balaban J connectivity index is 1.63. The number of hydrogen-bond acceptors (Lipinski definition) is 4. The van der Waals surface area contributed by atoms with Gasteiger partial charge in [0.15, 0.2) is 0 Å². The van der Waals surface area contributed by atoms with Crippen molar-refractivity contribution in [2.24, 2.45) is 0 Å². The van der Waals surface area contributed by atoms with Crippen LogP contribution in [0, 0.1) is 5.82 Å². The Kier molecular flexibility index (Phi) is 5.59. The minimum absolute atomic E-state index is 0.278. The van der Waals surface area contributed by atoms with Crippen molar-refractivity contribution in [1.82, 2.24) is 14.9 Å². The second-order valence-electron chi connectivity index (χ2n) is 7.30. The Morgan fingerprint density at radius 3 is 2.71 bits per heavy atom. The van der Waals surface area contributed by atoms with Gasteiger partial charge >= 0.3 is 0 Å². The largest absolute Gasteiger partial charge is 0.496 e. The number of nitrogens with zero attached hydrogens (tertiary/aromatic N) is 2. The van der Waals surface area contributed by atoms with Crippen molar-refractivity contribution >= 4 is 11.0 Å². The summed E-state index contributed by atoms with van der Waals surface area (Å²) in [6, 6.07) is 8.71. The summed E-state index contributed by atoms with van der Waals surface area (Å²) < 4.78 is 24.5. The van der Waals surface area contributed by atoms with E-state index >= 15 is 0 Å². The summed E-state index contributed by atoms with van der Waals surface area (Å²) in [5.41, 5.74) is 3.72. The molecule has 1 fully saturated rings. The molecule has 1 aliphatic heterocycles. The number of likely N-dealkylation sites (tertiary alicyclic amines) is 1. The van der Waals surface area contributed by atoms with Crippen molar-refractivity contribution in [3.63, 3.8) is 0 Å². The third kappa shape index (κ3) is 3.75. The highest BCUT2D eigenvalue weighted by Gasteiger charge is 2.23. The average molecular weight is 383 g/mol. The molecule has 1 saturated heterocycles. The molecular weight excluding hydrogens is 357 g/mol. The molecule has 0 radical (unpaired) electrons. The Hall–Kier alpha value is -2.44. The van der Waals surface area contributed by atoms with Gasteiger partial charge in [0.2, 0.25) is 0 Å². The lowest BCUT2D eigenvalue weighted by Gasteiger charge is -2.31. The normalized spacial score (nSPS) is 16.0. The minimum atomic E-state index is -0.278. The molecule has 0 amide bonds. The van der Waals surface area contributed by atoms with Crippen LogP contribution in [-0.2, 0) is 4.74 Å². The summed E-state index contributed by atoms with van der Waals surface area (Å²) in [6.07, 6.45) is 3.97. The maximum atomic E-state index is 13.9. The van der Waals surface area contributed by atoms with Gasteiger partial charge in [0, 0.05) is 42.4 Å². The van der Waals surface area contributed by atoms with E-state index < -0.39 is 0 Å². The lowest BCUT2D eigenvalue weighted by Crippen LogP contribution is -2.35. The lowest BCUT2D eigenvalue weighted by molar-refractivity contribution is 0.130. The molecule has 148 valence electrons. The molecule has 0 bridgehead atoms. The predicted octanol–water partition coefficient (Wildman–Crippen LogP) is 4.20. The molecule has 28 heavy (non-hydrogen) atoms. The van der Waals surface area contributed by atoms with Crippen LogP contribution in [0.25, 0.3) is 22.2 Å². The smallest absolute Gasteiger partial charge is 0.138 e. The van der Waals surface area contributed by atoms with Crippen LogP contribution in [0.3, 0.4) is 0 Å². The Bertz CT molecular complexity index is 948. The van der Waals surface area contributed by atoms with Gasteiger partial charge in [0.05, 0.1) is 13.7 Å². The van der Waals surface area contributed by atoms with Crippen LogP contribution >= 0.6 is 0 Å². The highest BCUT2D eigenvalue weighted by molar-refractivity contribution is 5.95. The summed E-state index contributed by atoms with van der Waals surface area (Å²) in [5, 5.41) is 1.00. The molecule has 0 saturated carbocycles. The number of rotatable bonds is 6. The standard InChI is InChI=1S/C22H26FN3O2/c1-27-12-11-26-9-6-15(7-10-26)20-14-19-17(5-8-24-22(19)25-20)18-13-16(23)3-4-21(18)28-2/h3-5,8,13-15H,6-7,9-12H2,1-2H3,(H,24,25). The first-order valence-corrected chi connectivity index (χ1v) is 9.72. The molecule has 1 N–H and O–H groups in total. The number of ether oxygens (including phenoxy) is 2. The van der Waals surface area contributed by atoms with Gasteiger partial charge in [0.25, 0.3) is 0 Å². The number of hydrogen-bond donors (Lipinski definition) is 1. The molecule has 0 atom stereocenters. The number of nitrogens with one attached hydrogen (secondary N) is 1. The van der Waals surface area contributed by atoms with E-state index in [0.717, 1.165) is 61.2 Å².